The molecular formula is C15H15N5O2. The normalized spacial score (nSPS) is 11.6. The zero-order valence-corrected chi connectivity index (χ0v) is 12.2. The molecular weight excluding hydrogens is 282 g/mol. The minimum atomic E-state index is -0.687. The molecule has 0 atom stereocenters. The first-order valence-electron chi connectivity index (χ1n) is 6.59. The second-order valence-corrected chi connectivity index (χ2v) is 4.58. The molecule has 0 bridgehead atoms. The molecule has 0 aliphatic rings. The predicted molar refractivity (Wildman–Crippen MR) is 84.9 cm³/mol. The number of nitrogens with zero attached hydrogens (tertiary/aromatic N) is 4. The minimum absolute atomic E-state index is 0.563. The maximum Gasteiger partial charge on any atom is 0.511 e. The van der Waals surface area contributed by atoms with Crippen molar-refractivity contribution in [2.24, 2.45) is 15.3 Å². The second kappa shape index (κ2) is 7.07. The van der Waals surface area contributed by atoms with Gasteiger partial charge in [-0.2, -0.15) is 0 Å². The van der Waals surface area contributed by atoms with Gasteiger partial charge in [-0.1, -0.05) is 41.5 Å². The van der Waals surface area contributed by atoms with E-state index in [0.29, 0.717) is 11.4 Å². The fourth-order valence-electron chi connectivity index (χ4n) is 1.68. The molecule has 7 nitrogen and oxygen atoms in total. The lowest BCUT2D eigenvalue weighted by Crippen LogP contribution is -2.10. The van der Waals surface area contributed by atoms with Crippen molar-refractivity contribution in [3.63, 3.8) is 0 Å². The Balaban J connectivity index is 2.20. The Labute approximate surface area is 127 Å². The topological polar surface area (TPSA) is 92.2 Å². The third-order valence-corrected chi connectivity index (χ3v) is 2.95. The highest BCUT2D eigenvalue weighted by molar-refractivity contribution is 5.73. The van der Waals surface area contributed by atoms with Gasteiger partial charge in [0.25, 0.3) is 0 Å². The van der Waals surface area contributed by atoms with Crippen molar-refractivity contribution in [1.29, 1.82) is 0 Å². The first-order valence-corrected chi connectivity index (χ1v) is 6.59. The third-order valence-electron chi connectivity index (χ3n) is 2.95. The van der Waals surface area contributed by atoms with Crippen molar-refractivity contribution in [3.05, 3.63) is 69.8 Å². The molecule has 2 aromatic rings. The summed E-state index contributed by atoms with van der Waals surface area (Å²) in [4.78, 5) is 10.3. The first-order chi connectivity index (χ1) is 10.6. The zero-order valence-electron chi connectivity index (χ0n) is 12.2. The van der Waals surface area contributed by atoms with Gasteiger partial charge in [-0.15, -0.1) is 0 Å². The second-order valence-electron chi connectivity index (χ2n) is 4.58. The summed E-state index contributed by atoms with van der Waals surface area (Å²) in [6.07, 6.45) is 0. The van der Waals surface area contributed by atoms with Crippen LogP contribution >= 0.6 is 0 Å². The van der Waals surface area contributed by atoms with Crippen LogP contribution in [-0.4, -0.2) is 10.9 Å². The number of nitro groups is 1. The third kappa shape index (κ3) is 3.95. The van der Waals surface area contributed by atoms with E-state index >= 15 is 0 Å². The average Bonchev–Trinajstić information content (AvgIpc) is 2.50. The van der Waals surface area contributed by atoms with Crippen LogP contribution in [0.5, 0.6) is 0 Å². The van der Waals surface area contributed by atoms with E-state index in [1.807, 2.05) is 44.2 Å². The van der Waals surface area contributed by atoms with Crippen LogP contribution < -0.4 is 5.43 Å². The molecule has 0 saturated carbocycles. The van der Waals surface area contributed by atoms with E-state index in [-0.39, 0.29) is 0 Å². The summed E-state index contributed by atoms with van der Waals surface area (Å²) in [5, 5.41) is 22.2. The largest absolute Gasteiger partial charge is 0.511 e. The molecule has 7 heteroatoms. The zero-order chi connectivity index (χ0) is 15.9. The summed E-state index contributed by atoms with van der Waals surface area (Å²) in [6.45, 7) is 3.72. The van der Waals surface area contributed by atoms with Crippen LogP contribution in [0.1, 0.15) is 11.1 Å². The first kappa shape index (κ1) is 15.3. The molecule has 0 amide bonds. The van der Waals surface area contributed by atoms with E-state index in [2.05, 4.69) is 20.8 Å². The van der Waals surface area contributed by atoms with E-state index in [4.69, 9.17) is 0 Å². The quantitative estimate of drug-likeness (QED) is 0.304. The Morgan fingerprint density at radius 2 is 1.68 bits per heavy atom. The molecule has 0 aromatic heterocycles. The van der Waals surface area contributed by atoms with Gasteiger partial charge in [-0.3, -0.25) is 0 Å². The Morgan fingerprint density at radius 3 is 2.32 bits per heavy atom. The molecule has 0 aliphatic carbocycles. The van der Waals surface area contributed by atoms with Crippen LogP contribution in [0.25, 0.3) is 0 Å². The highest BCUT2D eigenvalue weighted by atomic mass is 16.6. The van der Waals surface area contributed by atoms with Gasteiger partial charge in [0.15, 0.2) is 0 Å². The molecule has 2 rings (SSSR count). The number of hydrogen-bond donors (Lipinski definition) is 1. The standard InChI is InChI=1S/C15H15N5O2/c1-11-7-3-5-9-13(11)16-18-15(20(21)22)19-17-14-10-6-4-8-12(14)2/h3-10,16H,1-2H3. The fourth-order valence-corrected chi connectivity index (χ4v) is 1.68. The van der Waals surface area contributed by atoms with E-state index < -0.39 is 10.9 Å². The van der Waals surface area contributed by atoms with Crippen LogP contribution in [0.3, 0.4) is 0 Å². The van der Waals surface area contributed by atoms with E-state index in [1.54, 1.807) is 18.2 Å². The highest BCUT2D eigenvalue weighted by Crippen LogP contribution is 2.17. The lowest BCUT2D eigenvalue weighted by molar-refractivity contribution is -0.352. The van der Waals surface area contributed by atoms with E-state index in [0.717, 1.165) is 11.1 Å². The van der Waals surface area contributed by atoms with Gasteiger partial charge in [-0.05, 0) is 42.0 Å². The lowest BCUT2D eigenvalue weighted by Gasteiger charge is -2.00. The predicted octanol–water partition coefficient (Wildman–Crippen LogP) is 4.05. The van der Waals surface area contributed by atoms with Crippen molar-refractivity contribution in [2.45, 2.75) is 13.8 Å². The smallest absolute Gasteiger partial charge is 0.390 e. The van der Waals surface area contributed by atoms with E-state index in [1.165, 1.54) is 0 Å². The van der Waals surface area contributed by atoms with Crippen molar-refractivity contribution in [3.8, 4) is 0 Å². The Hall–Kier alpha value is -3.09. The molecule has 0 spiro atoms. The minimum Gasteiger partial charge on any atom is -0.390 e. The highest BCUT2D eigenvalue weighted by Gasteiger charge is 2.12. The maximum absolute atomic E-state index is 11.0. The van der Waals surface area contributed by atoms with Crippen LogP contribution in [0.2, 0.25) is 0 Å². The molecule has 0 saturated heterocycles. The number of hydrogen-bond acceptors (Lipinski definition) is 5. The fraction of sp³-hybridized carbons (Fsp3) is 0.133. The number of hydrazone groups is 1. The molecule has 112 valence electrons. The van der Waals surface area contributed by atoms with Crippen LogP contribution in [0.15, 0.2) is 63.9 Å². The summed E-state index contributed by atoms with van der Waals surface area (Å²) in [5.41, 5.74) is 5.67. The average molecular weight is 297 g/mol. The number of guanidine groups is 1. The van der Waals surface area contributed by atoms with Crippen LogP contribution in [0, 0.1) is 24.0 Å². The van der Waals surface area contributed by atoms with Gasteiger partial charge in [0.2, 0.25) is 0 Å². The number of azo groups is 1. The SMILES string of the molecule is Cc1ccccc1N=NC(=NNc1ccccc1C)[N+](=O)[O-]. The van der Waals surface area contributed by atoms with Gasteiger partial charge in [-0.25, -0.2) is 5.43 Å². The number of benzene rings is 2. The maximum atomic E-state index is 11.0. The Morgan fingerprint density at radius 1 is 1.05 bits per heavy atom. The molecule has 0 fully saturated rings. The lowest BCUT2D eigenvalue weighted by atomic mass is 10.2. The number of rotatable bonds is 3. The van der Waals surface area contributed by atoms with Gasteiger partial charge in [0.05, 0.1) is 10.8 Å². The molecule has 1 N–H and O–H groups in total. The summed E-state index contributed by atoms with van der Waals surface area (Å²) in [6, 6.07) is 14.6. The van der Waals surface area contributed by atoms with Gasteiger partial charge in [0, 0.05) is 5.10 Å². The van der Waals surface area contributed by atoms with Crippen molar-refractivity contribution in [2.75, 3.05) is 5.43 Å². The molecule has 0 radical (unpaired) electrons. The van der Waals surface area contributed by atoms with Crippen molar-refractivity contribution >= 4 is 17.3 Å². The molecule has 0 aliphatic heterocycles. The van der Waals surface area contributed by atoms with E-state index in [9.17, 15) is 10.1 Å². The molecule has 2 aromatic carbocycles. The molecule has 22 heavy (non-hydrogen) atoms. The molecule has 0 unspecified atom stereocenters. The number of anilines is 1. The number of aryl methyl sites for hydroxylation is 2. The van der Waals surface area contributed by atoms with Crippen molar-refractivity contribution < 1.29 is 4.92 Å². The van der Waals surface area contributed by atoms with Crippen LogP contribution in [-0.2, 0) is 0 Å². The van der Waals surface area contributed by atoms with Gasteiger partial charge < -0.3 is 10.1 Å². The summed E-state index contributed by atoms with van der Waals surface area (Å²) < 4.78 is 0. The Kier molecular flexibility index (Phi) is 4.92. The summed E-state index contributed by atoms with van der Waals surface area (Å²) in [7, 11) is 0. The van der Waals surface area contributed by atoms with Gasteiger partial charge >= 0.3 is 5.96 Å². The van der Waals surface area contributed by atoms with Gasteiger partial charge in [0.1, 0.15) is 5.69 Å². The monoisotopic (exact) mass is 297 g/mol. The van der Waals surface area contributed by atoms with Crippen molar-refractivity contribution in [1.82, 2.24) is 0 Å². The summed E-state index contributed by atoms with van der Waals surface area (Å²) >= 11 is 0. The number of nitrogens with one attached hydrogen (secondary N) is 1. The van der Waals surface area contributed by atoms with Crippen LogP contribution in [0.4, 0.5) is 11.4 Å². The Bertz CT molecular complexity index is 740. The summed E-state index contributed by atoms with van der Waals surface area (Å²) in [5.74, 6) is -0.605. The molecule has 0 heterocycles. The number of para-hydroxylation sites is 1.